The smallest absolute Gasteiger partial charge is 0.316 e. The zero-order chi connectivity index (χ0) is 12.5. The van der Waals surface area contributed by atoms with Gasteiger partial charge in [-0.25, -0.2) is 0 Å². The van der Waals surface area contributed by atoms with E-state index in [1.165, 1.54) is 5.01 Å². The van der Waals surface area contributed by atoms with Crippen LogP contribution in [-0.4, -0.2) is 23.2 Å². The summed E-state index contributed by atoms with van der Waals surface area (Å²) in [4.78, 5) is 11.2. The second kappa shape index (κ2) is 4.47. The SMILES string of the molecule is CC[NH2+][C@@]1(Cl)C(=O)N(c2ccccc2)N=C1C. The third kappa shape index (κ3) is 1.94. The summed E-state index contributed by atoms with van der Waals surface area (Å²) in [5.41, 5.74) is 1.36. The van der Waals surface area contributed by atoms with E-state index in [9.17, 15) is 4.79 Å². The monoisotopic (exact) mass is 252 g/mol. The van der Waals surface area contributed by atoms with Gasteiger partial charge in [-0.1, -0.05) is 18.2 Å². The van der Waals surface area contributed by atoms with Crippen molar-refractivity contribution in [3.63, 3.8) is 0 Å². The Morgan fingerprint density at radius 2 is 2.06 bits per heavy atom. The minimum absolute atomic E-state index is 0.204. The molecule has 2 rings (SSSR count). The lowest BCUT2D eigenvalue weighted by molar-refractivity contribution is -0.672. The molecule has 1 aromatic carbocycles. The van der Waals surface area contributed by atoms with Crippen LogP contribution in [0.5, 0.6) is 0 Å². The van der Waals surface area contributed by atoms with Crippen LogP contribution in [0.25, 0.3) is 0 Å². The molecule has 1 heterocycles. The molecule has 2 N–H and O–H groups in total. The molecule has 0 saturated carbocycles. The van der Waals surface area contributed by atoms with Crippen molar-refractivity contribution in [1.29, 1.82) is 0 Å². The van der Waals surface area contributed by atoms with Gasteiger partial charge in [0.1, 0.15) is 5.71 Å². The van der Waals surface area contributed by atoms with E-state index < -0.39 is 5.00 Å². The summed E-state index contributed by atoms with van der Waals surface area (Å²) in [5.74, 6) is -0.204. The number of carbonyl (C=O) groups is 1. The minimum Gasteiger partial charge on any atom is -0.316 e. The van der Waals surface area contributed by atoms with Crippen LogP contribution in [0.15, 0.2) is 35.4 Å². The minimum atomic E-state index is -1.08. The summed E-state index contributed by atoms with van der Waals surface area (Å²) >= 11 is 6.34. The molecule has 5 heteroatoms. The third-order valence-electron chi connectivity index (χ3n) is 2.77. The van der Waals surface area contributed by atoms with Crippen LogP contribution in [-0.2, 0) is 4.79 Å². The number of amides is 1. The quantitative estimate of drug-likeness (QED) is 0.631. The third-order valence-corrected chi connectivity index (χ3v) is 3.36. The van der Waals surface area contributed by atoms with Gasteiger partial charge in [-0.2, -0.15) is 10.1 Å². The van der Waals surface area contributed by atoms with Crippen molar-refractivity contribution in [2.75, 3.05) is 11.6 Å². The second-order valence-electron chi connectivity index (χ2n) is 3.96. The lowest BCUT2D eigenvalue weighted by atomic mass is 10.2. The number of carbonyl (C=O) groups excluding carboxylic acids is 1. The molecule has 1 atom stereocenters. The molecule has 0 fully saturated rings. The molecular formula is C12H15ClN3O+. The van der Waals surface area contributed by atoms with Crippen LogP contribution >= 0.6 is 11.6 Å². The molecule has 90 valence electrons. The molecule has 0 saturated heterocycles. The number of halogens is 1. The van der Waals surface area contributed by atoms with Crippen molar-refractivity contribution in [2.24, 2.45) is 5.10 Å². The van der Waals surface area contributed by atoms with Gasteiger partial charge in [-0.3, -0.25) is 4.79 Å². The number of nitrogens with two attached hydrogens (primary N) is 1. The fourth-order valence-electron chi connectivity index (χ4n) is 1.84. The van der Waals surface area contributed by atoms with Crippen molar-refractivity contribution < 1.29 is 10.1 Å². The lowest BCUT2D eigenvalue weighted by Crippen LogP contribution is -2.98. The van der Waals surface area contributed by atoms with Gasteiger partial charge in [0.2, 0.25) is 0 Å². The van der Waals surface area contributed by atoms with E-state index in [1.807, 2.05) is 37.3 Å². The number of nitrogens with zero attached hydrogens (tertiary/aromatic N) is 2. The number of likely N-dealkylation sites (N-methyl/N-ethyl adjacent to an activating group) is 1. The summed E-state index contributed by atoms with van der Waals surface area (Å²) in [6.45, 7) is 4.46. The number of alkyl halides is 1. The molecule has 0 aromatic heterocycles. The van der Waals surface area contributed by atoms with Gasteiger partial charge in [-0.05, 0) is 37.6 Å². The summed E-state index contributed by atoms with van der Waals surface area (Å²) in [7, 11) is 0. The topological polar surface area (TPSA) is 49.3 Å². The first-order valence-corrected chi connectivity index (χ1v) is 5.96. The van der Waals surface area contributed by atoms with Gasteiger partial charge in [0.05, 0.1) is 12.2 Å². The Morgan fingerprint density at radius 1 is 1.41 bits per heavy atom. The highest BCUT2D eigenvalue weighted by atomic mass is 35.5. The van der Waals surface area contributed by atoms with Crippen LogP contribution in [0.3, 0.4) is 0 Å². The fraction of sp³-hybridized carbons (Fsp3) is 0.333. The Hall–Kier alpha value is -1.39. The highest BCUT2D eigenvalue weighted by molar-refractivity contribution is 6.48. The van der Waals surface area contributed by atoms with E-state index in [1.54, 1.807) is 12.2 Å². The van der Waals surface area contributed by atoms with E-state index in [0.717, 1.165) is 12.2 Å². The Kier molecular flexibility index (Phi) is 3.17. The largest absolute Gasteiger partial charge is 0.331 e. The van der Waals surface area contributed by atoms with Gasteiger partial charge in [0.25, 0.3) is 5.00 Å². The number of benzene rings is 1. The average Bonchev–Trinajstić information content (AvgIpc) is 2.56. The van der Waals surface area contributed by atoms with E-state index in [-0.39, 0.29) is 5.91 Å². The molecule has 17 heavy (non-hydrogen) atoms. The number of hydrogen-bond acceptors (Lipinski definition) is 2. The van der Waals surface area contributed by atoms with Crippen LogP contribution in [0.2, 0.25) is 0 Å². The number of hydrogen-bond donors (Lipinski definition) is 1. The molecule has 1 aliphatic heterocycles. The zero-order valence-corrected chi connectivity index (χ0v) is 10.6. The van der Waals surface area contributed by atoms with Crippen LogP contribution in [0, 0.1) is 0 Å². The maximum absolute atomic E-state index is 12.3. The molecular weight excluding hydrogens is 238 g/mol. The van der Waals surface area contributed by atoms with E-state index >= 15 is 0 Å². The highest BCUT2D eigenvalue weighted by Gasteiger charge is 2.51. The second-order valence-corrected chi connectivity index (χ2v) is 4.56. The Labute approximate surface area is 105 Å². The summed E-state index contributed by atoms with van der Waals surface area (Å²) in [6, 6.07) is 9.30. The molecule has 0 radical (unpaired) electrons. The molecule has 1 aromatic rings. The predicted octanol–water partition coefficient (Wildman–Crippen LogP) is 0.927. The van der Waals surface area contributed by atoms with Gasteiger partial charge < -0.3 is 5.32 Å². The molecule has 1 amide bonds. The number of quaternary nitrogens is 1. The van der Waals surface area contributed by atoms with E-state index in [0.29, 0.717) is 5.71 Å². The van der Waals surface area contributed by atoms with Gasteiger partial charge >= 0.3 is 5.91 Å². The van der Waals surface area contributed by atoms with Gasteiger partial charge in [0, 0.05) is 0 Å². The van der Waals surface area contributed by atoms with Crippen LogP contribution < -0.4 is 10.3 Å². The Balaban J connectivity index is 2.34. The maximum Gasteiger partial charge on any atom is 0.331 e. The summed E-state index contributed by atoms with van der Waals surface area (Å²) in [5, 5.41) is 7.41. The Bertz CT molecular complexity index is 460. The summed E-state index contributed by atoms with van der Waals surface area (Å²) in [6.07, 6.45) is 0. The molecule has 0 unspecified atom stereocenters. The molecule has 1 aliphatic rings. The lowest BCUT2D eigenvalue weighted by Gasteiger charge is -2.18. The van der Waals surface area contributed by atoms with Crippen LogP contribution in [0.4, 0.5) is 5.69 Å². The highest BCUT2D eigenvalue weighted by Crippen LogP contribution is 2.26. The average molecular weight is 253 g/mol. The first kappa shape index (κ1) is 12.1. The zero-order valence-electron chi connectivity index (χ0n) is 9.85. The number of anilines is 1. The van der Waals surface area contributed by atoms with Gasteiger partial charge in [0.15, 0.2) is 0 Å². The number of para-hydroxylation sites is 1. The van der Waals surface area contributed by atoms with Crippen molar-refractivity contribution in [3.05, 3.63) is 30.3 Å². The Morgan fingerprint density at radius 3 is 2.65 bits per heavy atom. The fourth-order valence-corrected chi connectivity index (χ4v) is 2.11. The van der Waals surface area contributed by atoms with E-state index in [4.69, 9.17) is 11.6 Å². The first-order valence-electron chi connectivity index (χ1n) is 5.58. The van der Waals surface area contributed by atoms with Crippen molar-refractivity contribution >= 4 is 28.9 Å². The standard InChI is InChI=1S/C12H14ClN3O/c1-3-14-12(13)9(2)15-16(11(12)17)10-7-5-4-6-8-10/h4-8,14H,3H2,1-2H3/p+1/t12-/m1/s1. The molecule has 0 spiro atoms. The van der Waals surface area contributed by atoms with Crippen molar-refractivity contribution in [2.45, 2.75) is 18.8 Å². The van der Waals surface area contributed by atoms with Gasteiger partial charge in [-0.15, -0.1) is 0 Å². The van der Waals surface area contributed by atoms with E-state index in [2.05, 4.69) is 5.10 Å². The predicted molar refractivity (Wildman–Crippen MR) is 68.1 cm³/mol. The normalized spacial score (nSPS) is 24.1. The maximum atomic E-state index is 12.3. The molecule has 0 aliphatic carbocycles. The number of hydrazone groups is 1. The molecule has 4 nitrogen and oxygen atoms in total. The summed E-state index contributed by atoms with van der Waals surface area (Å²) < 4.78 is 0. The van der Waals surface area contributed by atoms with Crippen LogP contribution in [0.1, 0.15) is 13.8 Å². The van der Waals surface area contributed by atoms with Crippen molar-refractivity contribution in [1.82, 2.24) is 0 Å². The molecule has 0 bridgehead atoms. The number of rotatable bonds is 3. The first-order chi connectivity index (χ1) is 8.09. The van der Waals surface area contributed by atoms with Crippen molar-refractivity contribution in [3.8, 4) is 0 Å².